The Balaban J connectivity index is 1.25. The maximum absolute atomic E-state index is 13.9. The number of rotatable bonds is 6. The molecule has 4 heterocycles. The van der Waals surface area contributed by atoms with Gasteiger partial charge in [-0.3, -0.25) is 14.5 Å². The van der Waals surface area contributed by atoms with Crippen molar-refractivity contribution in [3.8, 4) is 11.3 Å². The van der Waals surface area contributed by atoms with Gasteiger partial charge in [0, 0.05) is 66.9 Å². The van der Waals surface area contributed by atoms with E-state index >= 15 is 0 Å². The van der Waals surface area contributed by atoms with Crippen LogP contribution in [-0.4, -0.2) is 104 Å². The Morgan fingerprint density at radius 1 is 0.918 bits per heavy atom. The Morgan fingerprint density at radius 3 is 2.35 bits per heavy atom. The second kappa shape index (κ2) is 13.5. The average molecular weight is 700 g/mol. The normalized spacial score (nSPS) is 20.0. The van der Waals surface area contributed by atoms with E-state index in [1.165, 1.54) is 12.0 Å². The molecule has 0 spiro atoms. The zero-order valence-electron chi connectivity index (χ0n) is 27.2. The molecule has 2 saturated heterocycles. The van der Waals surface area contributed by atoms with Crippen molar-refractivity contribution in [3.05, 3.63) is 64.7 Å². The lowest BCUT2D eigenvalue weighted by Gasteiger charge is -2.33. The Morgan fingerprint density at radius 2 is 1.63 bits per heavy atom. The number of morpholine rings is 1. The molecule has 0 bridgehead atoms. The Labute approximate surface area is 283 Å². The van der Waals surface area contributed by atoms with Crippen molar-refractivity contribution in [3.63, 3.8) is 0 Å². The second-order valence-electron chi connectivity index (χ2n) is 13.3. The van der Waals surface area contributed by atoms with Crippen LogP contribution in [0.3, 0.4) is 0 Å². The van der Waals surface area contributed by atoms with Crippen LogP contribution in [0.5, 0.6) is 0 Å². The number of hydrogen-bond acceptors (Lipinski definition) is 6. The quantitative estimate of drug-likeness (QED) is 0.398. The van der Waals surface area contributed by atoms with E-state index in [-0.39, 0.29) is 50.1 Å². The lowest BCUT2D eigenvalue weighted by Crippen LogP contribution is -2.54. The molecule has 10 nitrogen and oxygen atoms in total. The first-order valence-electron chi connectivity index (χ1n) is 16.9. The predicted molar refractivity (Wildman–Crippen MR) is 179 cm³/mol. The van der Waals surface area contributed by atoms with Crippen molar-refractivity contribution in [2.45, 2.75) is 50.7 Å². The van der Waals surface area contributed by atoms with E-state index in [0.717, 1.165) is 62.6 Å². The van der Waals surface area contributed by atoms with Crippen LogP contribution in [0.25, 0.3) is 28.2 Å². The van der Waals surface area contributed by atoms with E-state index in [9.17, 15) is 31.2 Å². The van der Waals surface area contributed by atoms with Gasteiger partial charge in [-0.15, -0.1) is 0 Å². The number of carbonyl (C=O) groups is 2. The number of hydrogen-bond donors (Lipinski definition) is 1. The fourth-order valence-electron chi connectivity index (χ4n) is 7.74. The van der Waals surface area contributed by atoms with Gasteiger partial charge in [-0.1, -0.05) is 49.6 Å². The van der Waals surface area contributed by atoms with Gasteiger partial charge in [0.15, 0.2) is 0 Å². The molecular weight excluding hydrogens is 659 g/mol. The highest BCUT2D eigenvalue weighted by atomic mass is 32.2. The zero-order valence-corrected chi connectivity index (χ0v) is 28.0. The Bertz CT molecular complexity index is 1890. The number of nitrogens with one attached hydrogen (secondary N) is 1. The summed E-state index contributed by atoms with van der Waals surface area (Å²) in [5.41, 5.74) is 5.62. The topological polar surface area (TPSA) is 104 Å². The van der Waals surface area contributed by atoms with Gasteiger partial charge >= 0.3 is 16.4 Å². The summed E-state index contributed by atoms with van der Waals surface area (Å²) in [6, 6.07) is 13.2. The lowest BCUT2D eigenvalue weighted by molar-refractivity contribution is -0.148. The molecule has 7 rings (SSSR count). The minimum absolute atomic E-state index is 0.0673. The molecule has 4 aliphatic rings. The molecule has 0 radical (unpaired) electrons. The second-order valence-corrected chi connectivity index (χ2v) is 15.0. The zero-order chi connectivity index (χ0) is 34.3. The molecule has 0 unspecified atom stereocenters. The standard InChI is InChI=1S/C35H40F3N5O5S/c36-35(37,38)23-40-12-14-42(15-13-40)49(46,47)39-33(44)26-10-11-29-30(21-26)43-22-27(34(45)41-16-18-48-19-17-41)20-25-8-4-5-9-28(25)32(43)31(29)24-6-2-1-3-7-24/h4-5,8-11,20-21,24H,1-3,6-7,12-19,22-23H2,(H,39,44). The van der Waals surface area contributed by atoms with Crippen LogP contribution < -0.4 is 4.72 Å². The minimum atomic E-state index is -4.38. The first kappa shape index (κ1) is 33.8. The number of aromatic nitrogens is 1. The smallest absolute Gasteiger partial charge is 0.378 e. The van der Waals surface area contributed by atoms with Gasteiger partial charge in [-0.25, -0.2) is 4.72 Å². The van der Waals surface area contributed by atoms with Gasteiger partial charge in [-0.2, -0.15) is 25.9 Å². The number of halogens is 3. The summed E-state index contributed by atoms with van der Waals surface area (Å²) >= 11 is 0. The first-order chi connectivity index (χ1) is 23.5. The maximum atomic E-state index is 13.9. The largest absolute Gasteiger partial charge is 0.401 e. The Hall–Kier alpha value is -3.72. The van der Waals surface area contributed by atoms with E-state index in [1.54, 1.807) is 12.1 Å². The molecule has 49 heavy (non-hydrogen) atoms. The number of alkyl halides is 3. The first-order valence-corrected chi connectivity index (χ1v) is 18.4. The number of benzene rings is 2. The summed E-state index contributed by atoms with van der Waals surface area (Å²) in [7, 11) is -4.31. The van der Waals surface area contributed by atoms with Crippen LogP contribution in [0, 0.1) is 0 Å². The molecule has 3 aliphatic heterocycles. The van der Waals surface area contributed by atoms with Gasteiger partial charge in [0.05, 0.1) is 32.0 Å². The van der Waals surface area contributed by atoms with Crippen molar-refractivity contribution < 1.29 is 35.9 Å². The van der Waals surface area contributed by atoms with Crippen LogP contribution >= 0.6 is 0 Å². The van der Waals surface area contributed by atoms with E-state index in [2.05, 4.69) is 15.4 Å². The van der Waals surface area contributed by atoms with Crippen LogP contribution in [0.2, 0.25) is 0 Å². The molecule has 0 atom stereocenters. The molecule has 3 fully saturated rings. The third kappa shape index (κ3) is 7.01. The predicted octanol–water partition coefficient (Wildman–Crippen LogP) is 4.77. The summed E-state index contributed by atoms with van der Waals surface area (Å²) < 4.78 is 75.7. The number of carbonyl (C=O) groups excluding carboxylic acids is 2. The van der Waals surface area contributed by atoms with Crippen molar-refractivity contribution in [1.29, 1.82) is 0 Å². The number of nitrogens with zero attached hydrogens (tertiary/aromatic N) is 4. The molecule has 1 N–H and O–H groups in total. The summed E-state index contributed by atoms with van der Waals surface area (Å²) in [6.07, 6.45) is 3.04. The number of piperazine rings is 1. The van der Waals surface area contributed by atoms with Crippen LogP contribution in [0.1, 0.15) is 59.5 Å². The maximum Gasteiger partial charge on any atom is 0.401 e. The van der Waals surface area contributed by atoms with Gasteiger partial charge in [0.25, 0.3) is 11.8 Å². The fourth-order valence-corrected chi connectivity index (χ4v) is 8.87. The molecule has 2 aromatic carbocycles. The van der Waals surface area contributed by atoms with E-state index in [4.69, 9.17) is 4.74 Å². The van der Waals surface area contributed by atoms with Crippen molar-refractivity contribution in [1.82, 2.24) is 23.4 Å². The number of amides is 2. The highest BCUT2D eigenvalue weighted by molar-refractivity contribution is 7.87. The Kier molecular flexibility index (Phi) is 9.33. The molecule has 3 aromatic rings. The van der Waals surface area contributed by atoms with Crippen LogP contribution in [0.4, 0.5) is 13.2 Å². The summed E-state index contributed by atoms with van der Waals surface area (Å²) in [5.74, 6) is -0.612. The summed E-state index contributed by atoms with van der Waals surface area (Å²) in [5, 5.41) is 0.969. The van der Waals surface area contributed by atoms with Crippen LogP contribution in [0.15, 0.2) is 48.0 Å². The third-order valence-corrected chi connectivity index (χ3v) is 11.6. The highest BCUT2D eigenvalue weighted by Gasteiger charge is 2.36. The highest BCUT2D eigenvalue weighted by Crippen LogP contribution is 2.46. The molecule has 1 aromatic heterocycles. The number of ether oxygens (including phenoxy) is 1. The number of fused-ring (bicyclic) bond motifs is 5. The average Bonchev–Trinajstić information content (AvgIpc) is 3.30. The molecule has 1 saturated carbocycles. The molecular formula is C35H40F3N5O5S. The van der Waals surface area contributed by atoms with Gasteiger partial charge in [0.1, 0.15) is 0 Å². The molecule has 262 valence electrons. The van der Waals surface area contributed by atoms with E-state index in [0.29, 0.717) is 31.9 Å². The van der Waals surface area contributed by atoms with Gasteiger partial charge in [-0.05, 0) is 48.1 Å². The SMILES string of the molecule is O=C(NS(=O)(=O)N1CCN(CC(F)(F)F)CC1)c1ccc2c(C3CCCCC3)c3n(c2c1)CC(C(=O)N1CCOCC1)=Cc1ccccc1-3. The van der Waals surface area contributed by atoms with Gasteiger partial charge < -0.3 is 14.2 Å². The van der Waals surface area contributed by atoms with Crippen molar-refractivity contribution in [2.24, 2.45) is 0 Å². The minimum Gasteiger partial charge on any atom is -0.378 e. The monoisotopic (exact) mass is 699 g/mol. The third-order valence-electron chi connectivity index (χ3n) is 10.1. The van der Waals surface area contributed by atoms with E-state index < -0.39 is 28.8 Å². The summed E-state index contributed by atoms with van der Waals surface area (Å²) in [4.78, 5) is 30.4. The molecule has 1 aliphatic carbocycles. The summed E-state index contributed by atoms with van der Waals surface area (Å²) in [6.45, 7) is 0.588. The lowest BCUT2D eigenvalue weighted by atomic mass is 9.81. The fraction of sp³-hybridized carbons (Fsp3) is 0.486. The van der Waals surface area contributed by atoms with Gasteiger partial charge in [0.2, 0.25) is 0 Å². The molecule has 14 heteroatoms. The molecule has 2 amide bonds. The van der Waals surface area contributed by atoms with Crippen LogP contribution in [-0.2, 0) is 26.3 Å². The van der Waals surface area contributed by atoms with E-state index in [1.807, 2.05) is 35.2 Å². The van der Waals surface area contributed by atoms with Crippen molar-refractivity contribution in [2.75, 3.05) is 59.0 Å². The van der Waals surface area contributed by atoms with Crippen molar-refractivity contribution >= 4 is 39.0 Å².